The van der Waals surface area contributed by atoms with Crippen LogP contribution in [0, 0.1) is 11.6 Å². The number of amides is 1. The van der Waals surface area contributed by atoms with E-state index in [2.05, 4.69) is 10.6 Å². The van der Waals surface area contributed by atoms with E-state index in [0.717, 1.165) is 25.0 Å². The summed E-state index contributed by atoms with van der Waals surface area (Å²) in [6.45, 7) is 3.47. The maximum absolute atomic E-state index is 14.0. The maximum Gasteiger partial charge on any atom is 0.490 e. The van der Waals surface area contributed by atoms with Gasteiger partial charge in [0.25, 0.3) is 5.91 Å². The minimum atomic E-state index is -5.08. The number of aliphatic hydroxyl groups is 1. The number of aliphatic hydroxyl groups excluding tert-OH is 1. The molecule has 0 bridgehead atoms. The second kappa shape index (κ2) is 19.1. The van der Waals surface area contributed by atoms with E-state index < -0.39 is 74.2 Å². The fourth-order valence-electron chi connectivity index (χ4n) is 4.93. The minimum absolute atomic E-state index is 0.0385. The van der Waals surface area contributed by atoms with Crippen molar-refractivity contribution in [2.75, 3.05) is 12.3 Å². The Kier molecular flexibility index (Phi) is 16.2. The van der Waals surface area contributed by atoms with Crippen LogP contribution in [0.4, 0.5) is 22.0 Å². The fourth-order valence-corrected chi connectivity index (χ4v) is 7.24. The van der Waals surface area contributed by atoms with Gasteiger partial charge in [-0.15, -0.1) is 0 Å². The van der Waals surface area contributed by atoms with Crippen LogP contribution in [0.1, 0.15) is 63.5 Å². The van der Waals surface area contributed by atoms with Crippen molar-refractivity contribution in [3.8, 4) is 0 Å². The van der Waals surface area contributed by atoms with E-state index in [1.807, 2.05) is 13.8 Å². The number of ether oxygens (including phenoxy) is 1. The van der Waals surface area contributed by atoms with Gasteiger partial charge in [0, 0.05) is 18.7 Å². The van der Waals surface area contributed by atoms with E-state index in [1.165, 1.54) is 0 Å². The Bertz CT molecular complexity index is 1500. The summed E-state index contributed by atoms with van der Waals surface area (Å²) in [5, 5.41) is 23.0. The molecule has 0 saturated heterocycles. The van der Waals surface area contributed by atoms with E-state index in [1.54, 1.807) is 30.3 Å². The van der Waals surface area contributed by atoms with Crippen molar-refractivity contribution >= 4 is 27.7 Å². The summed E-state index contributed by atoms with van der Waals surface area (Å²) in [6.07, 6.45) is -2.93. The molecule has 1 unspecified atom stereocenters. The molecule has 50 heavy (non-hydrogen) atoms. The number of hydrogen-bond donors (Lipinski definition) is 5. The van der Waals surface area contributed by atoms with Crippen molar-refractivity contribution in [1.29, 1.82) is 0 Å². The van der Waals surface area contributed by atoms with Gasteiger partial charge in [0.1, 0.15) is 18.2 Å². The first-order valence-corrected chi connectivity index (χ1v) is 17.7. The van der Waals surface area contributed by atoms with Crippen molar-refractivity contribution < 1.29 is 59.7 Å². The summed E-state index contributed by atoms with van der Waals surface area (Å²) in [7, 11) is -4.08. The minimum Gasteiger partial charge on any atom is -0.475 e. The highest BCUT2D eigenvalue weighted by atomic mass is 32.2. The van der Waals surface area contributed by atoms with E-state index >= 15 is 0 Å². The molecule has 1 amide bonds. The lowest BCUT2D eigenvalue weighted by Gasteiger charge is -2.32. The van der Waals surface area contributed by atoms with Crippen molar-refractivity contribution in [1.82, 2.24) is 10.6 Å². The molecule has 6 N–H and O–H groups in total. The molecule has 1 fully saturated rings. The number of esters is 1. The normalized spacial score (nSPS) is 15.6. The number of nitrogens with two attached hydrogens (primary N) is 1. The number of rotatable bonds is 18. The zero-order chi connectivity index (χ0) is 37.7. The van der Waals surface area contributed by atoms with Gasteiger partial charge in [-0.05, 0) is 55.4 Å². The second-order valence-corrected chi connectivity index (χ2v) is 14.4. The summed E-state index contributed by atoms with van der Waals surface area (Å²) in [5.41, 5.74) is 4.48. The Morgan fingerprint density at radius 2 is 1.52 bits per heavy atom. The van der Waals surface area contributed by atoms with Crippen molar-refractivity contribution in [2.45, 2.75) is 101 Å². The molecule has 0 heterocycles. The van der Waals surface area contributed by atoms with Gasteiger partial charge < -0.3 is 31.3 Å². The van der Waals surface area contributed by atoms with Gasteiger partial charge in [-0.2, -0.15) is 13.2 Å². The topological polar surface area (TPSA) is 185 Å². The number of alkyl halides is 3. The van der Waals surface area contributed by atoms with Crippen LogP contribution in [0.3, 0.4) is 0 Å². The lowest BCUT2D eigenvalue weighted by atomic mass is 9.97. The summed E-state index contributed by atoms with van der Waals surface area (Å²) < 4.78 is 92.2. The SMILES string of the molecule is CCCC(CCC)S(=O)(=O)CC(N)(C(=O)N[C@@H](Cc1cc(F)cc(F)c1)[C@H](O)CNC1CC1)C(=O)OCc1ccccc1.O=C(O)C(F)(F)F. The van der Waals surface area contributed by atoms with Crippen molar-refractivity contribution in [2.24, 2.45) is 5.73 Å². The zero-order valence-electron chi connectivity index (χ0n) is 27.7. The van der Waals surface area contributed by atoms with Crippen molar-refractivity contribution in [3.05, 3.63) is 71.3 Å². The summed E-state index contributed by atoms with van der Waals surface area (Å²) in [6, 6.07) is 10.5. The molecule has 2 aromatic rings. The molecule has 3 rings (SSSR count). The number of carboxylic acid groups (broad SMARTS) is 1. The molecule has 1 saturated carbocycles. The predicted molar refractivity (Wildman–Crippen MR) is 173 cm³/mol. The second-order valence-electron chi connectivity index (χ2n) is 12.2. The Labute approximate surface area is 287 Å². The van der Waals surface area contributed by atoms with Gasteiger partial charge in [0.05, 0.1) is 23.1 Å². The number of benzene rings is 2. The number of hydrogen-bond acceptors (Lipinski definition) is 9. The quantitative estimate of drug-likeness (QED) is 0.0861. The van der Waals surface area contributed by atoms with Crippen LogP contribution in [0.2, 0.25) is 0 Å². The molecule has 0 aromatic heterocycles. The predicted octanol–water partition coefficient (Wildman–Crippen LogP) is 3.56. The number of aliphatic carboxylic acids is 1. The van der Waals surface area contributed by atoms with Gasteiger partial charge in [-0.1, -0.05) is 57.0 Å². The van der Waals surface area contributed by atoms with Crippen LogP contribution >= 0.6 is 0 Å². The van der Waals surface area contributed by atoms with Crippen LogP contribution in [0.25, 0.3) is 0 Å². The Hall–Kier alpha value is -3.67. The summed E-state index contributed by atoms with van der Waals surface area (Å²) >= 11 is 0. The average Bonchev–Trinajstić information content (AvgIpc) is 3.86. The summed E-state index contributed by atoms with van der Waals surface area (Å²) in [4.78, 5) is 36.2. The molecular weight excluding hydrogens is 693 g/mol. The first-order valence-electron chi connectivity index (χ1n) is 16.0. The third-order valence-electron chi connectivity index (χ3n) is 7.73. The Morgan fingerprint density at radius 1 is 0.980 bits per heavy atom. The van der Waals surface area contributed by atoms with Crippen LogP contribution in [0.5, 0.6) is 0 Å². The molecule has 280 valence electrons. The van der Waals surface area contributed by atoms with Crippen LogP contribution in [0.15, 0.2) is 48.5 Å². The standard InChI is InChI=1S/C31H43F2N3O6S.C2HF3O2/c1-3-8-26(9-4-2)43(40,41)20-31(34,30(39)42-19-21-10-6-5-7-11-21)29(38)36-27(28(37)18-35-25-12-13-25)16-22-14-23(32)17-24(33)15-22;3-2(4,5)1(6)7/h5-7,10-11,14-15,17,25-28,35,37H,3-4,8-9,12-13,16,18-20,34H2,1-2H3,(H,36,38);(H,6,7)/t27-,28+,31?;/m0./s1. The van der Waals surface area contributed by atoms with Gasteiger partial charge in [0.15, 0.2) is 9.84 Å². The van der Waals surface area contributed by atoms with E-state index in [4.69, 9.17) is 20.4 Å². The number of halogens is 5. The molecule has 3 atom stereocenters. The molecule has 1 aliphatic rings. The number of sulfone groups is 1. The van der Waals surface area contributed by atoms with Gasteiger partial charge >= 0.3 is 18.1 Å². The third kappa shape index (κ3) is 13.9. The van der Waals surface area contributed by atoms with Gasteiger partial charge in [-0.3, -0.25) is 4.79 Å². The number of nitrogens with one attached hydrogen (secondary N) is 2. The third-order valence-corrected chi connectivity index (χ3v) is 10.1. The highest BCUT2D eigenvalue weighted by Crippen LogP contribution is 2.22. The molecule has 0 radical (unpaired) electrons. The first-order chi connectivity index (χ1) is 23.3. The fraction of sp³-hybridized carbons (Fsp3) is 0.545. The monoisotopic (exact) mass is 737 g/mol. The molecule has 2 aromatic carbocycles. The van der Waals surface area contributed by atoms with Gasteiger partial charge in [-0.25, -0.2) is 26.8 Å². The lowest BCUT2D eigenvalue weighted by molar-refractivity contribution is -0.192. The number of carbonyl (C=O) groups is 3. The number of carboxylic acids is 1. The zero-order valence-corrected chi connectivity index (χ0v) is 28.5. The molecule has 0 spiro atoms. The highest BCUT2D eigenvalue weighted by molar-refractivity contribution is 7.92. The average molecular weight is 738 g/mol. The molecule has 0 aliphatic heterocycles. The van der Waals surface area contributed by atoms with Crippen LogP contribution in [-0.2, 0) is 42.0 Å². The van der Waals surface area contributed by atoms with E-state index in [-0.39, 0.29) is 31.2 Å². The van der Waals surface area contributed by atoms with Crippen LogP contribution in [-0.4, -0.2) is 83.9 Å². The lowest BCUT2D eigenvalue weighted by Crippen LogP contribution is -2.67. The van der Waals surface area contributed by atoms with E-state index in [9.17, 15) is 45.1 Å². The largest absolute Gasteiger partial charge is 0.490 e. The molecular formula is C33H44F5N3O8S. The Morgan fingerprint density at radius 3 is 2.00 bits per heavy atom. The molecule has 11 nitrogen and oxygen atoms in total. The van der Waals surface area contributed by atoms with Crippen LogP contribution < -0.4 is 16.4 Å². The molecule has 17 heteroatoms. The van der Waals surface area contributed by atoms with E-state index in [0.29, 0.717) is 37.3 Å². The number of carbonyl (C=O) groups excluding carboxylic acids is 2. The van der Waals surface area contributed by atoms with Crippen molar-refractivity contribution in [3.63, 3.8) is 0 Å². The first kappa shape index (κ1) is 42.5. The Balaban J connectivity index is 0.00000112. The van der Waals surface area contributed by atoms with Gasteiger partial charge in [0.2, 0.25) is 5.54 Å². The highest BCUT2D eigenvalue weighted by Gasteiger charge is 2.50. The maximum atomic E-state index is 14.0. The summed E-state index contributed by atoms with van der Waals surface area (Å²) in [5.74, 6) is -7.87. The smallest absolute Gasteiger partial charge is 0.475 e. The molecule has 1 aliphatic carbocycles.